The van der Waals surface area contributed by atoms with E-state index in [2.05, 4.69) is 74.0 Å². The fraction of sp³-hybridized carbons (Fsp3) is 0.629. The Morgan fingerprint density at radius 3 is 2.45 bits per heavy atom. The van der Waals surface area contributed by atoms with Gasteiger partial charge in [-0.2, -0.15) is 0 Å². The molecule has 2 N–H and O–H groups in total. The summed E-state index contributed by atoms with van der Waals surface area (Å²) in [4.78, 5) is 29.4. The summed E-state index contributed by atoms with van der Waals surface area (Å²) in [6, 6.07) is 8.71. The third-order valence-electron chi connectivity index (χ3n) is 9.59. The molecule has 0 amide bonds. The van der Waals surface area contributed by atoms with Crippen LogP contribution in [-0.2, 0) is 35.5 Å². The zero-order valence-corrected chi connectivity index (χ0v) is 27.1. The summed E-state index contributed by atoms with van der Waals surface area (Å²) in [5, 5.41) is 3.77. The number of H-pyrrole nitrogens is 1. The van der Waals surface area contributed by atoms with Crippen molar-refractivity contribution in [3.63, 3.8) is 0 Å². The highest BCUT2D eigenvalue weighted by molar-refractivity contribution is 5.69. The quantitative estimate of drug-likeness (QED) is 0.223. The Hall–Kier alpha value is -3.01. The van der Waals surface area contributed by atoms with Crippen LogP contribution in [0.3, 0.4) is 0 Å². The van der Waals surface area contributed by atoms with Gasteiger partial charge in [-0.15, -0.1) is 0 Å². The van der Waals surface area contributed by atoms with Gasteiger partial charge in [0, 0.05) is 63.8 Å². The minimum Gasteiger partial charge on any atom is -0.469 e. The monoisotopic (exact) mass is 603 g/mol. The van der Waals surface area contributed by atoms with Crippen LogP contribution in [0, 0.1) is 11.3 Å². The van der Waals surface area contributed by atoms with Gasteiger partial charge in [0.05, 0.1) is 13.2 Å². The summed E-state index contributed by atoms with van der Waals surface area (Å²) < 4.78 is 7.09. The number of hydrogen-bond acceptors (Lipinski definition) is 7. The summed E-state index contributed by atoms with van der Waals surface area (Å²) >= 11 is 0. The van der Waals surface area contributed by atoms with Crippen molar-refractivity contribution >= 4 is 5.97 Å². The van der Waals surface area contributed by atoms with Gasteiger partial charge in [-0.1, -0.05) is 38.1 Å². The van der Waals surface area contributed by atoms with E-state index < -0.39 is 0 Å². The molecule has 3 aromatic rings. The molecule has 1 unspecified atom stereocenters. The number of methoxy groups -OCH3 is 1. The van der Waals surface area contributed by atoms with Gasteiger partial charge >= 0.3 is 5.97 Å². The number of carbonyl (C=O) groups excluding carboxylic acids is 1. The molecule has 2 aromatic heterocycles. The summed E-state index contributed by atoms with van der Waals surface area (Å²) in [5.74, 6) is 2.63. The first kappa shape index (κ1) is 32.4. The number of imidazole rings is 2. The molecule has 4 heterocycles. The second kappa shape index (κ2) is 15.8. The molecule has 2 fully saturated rings. The fourth-order valence-corrected chi connectivity index (χ4v) is 7.10. The third kappa shape index (κ3) is 9.25. The van der Waals surface area contributed by atoms with Gasteiger partial charge < -0.3 is 29.4 Å². The number of aryl methyl sites for hydroxylation is 2. The maximum absolute atomic E-state index is 11.4. The van der Waals surface area contributed by atoms with E-state index in [4.69, 9.17) is 9.72 Å². The second-order valence-electron chi connectivity index (χ2n) is 13.5. The van der Waals surface area contributed by atoms with Gasteiger partial charge in [0.2, 0.25) is 0 Å². The first-order valence-corrected chi connectivity index (χ1v) is 16.7. The lowest BCUT2D eigenvalue weighted by atomic mass is 9.77. The van der Waals surface area contributed by atoms with Crippen LogP contribution in [0.4, 0.5) is 0 Å². The van der Waals surface area contributed by atoms with Crippen LogP contribution in [0.15, 0.2) is 49.1 Å². The third-order valence-corrected chi connectivity index (χ3v) is 9.59. The van der Waals surface area contributed by atoms with Gasteiger partial charge in [-0.05, 0) is 87.2 Å². The lowest BCUT2D eigenvalue weighted by Crippen LogP contribution is -2.42. The van der Waals surface area contributed by atoms with Gasteiger partial charge in [0.25, 0.3) is 0 Å². The number of benzene rings is 1. The Morgan fingerprint density at radius 1 is 1.00 bits per heavy atom. The van der Waals surface area contributed by atoms with E-state index in [9.17, 15) is 4.79 Å². The molecule has 2 aliphatic rings. The number of ether oxygens (including phenoxy) is 1. The topological polar surface area (TPSA) is 91.3 Å². The van der Waals surface area contributed by atoms with E-state index in [1.54, 1.807) is 0 Å². The van der Waals surface area contributed by atoms with Crippen LogP contribution in [0.5, 0.6) is 0 Å². The highest BCUT2D eigenvalue weighted by atomic mass is 16.5. The second-order valence-corrected chi connectivity index (χ2v) is 13.5. The van der Waals surface area contributed by atoms with E-state index in [-0.39, 0.29) is 12.0 Å². The normalized spacial score (nSPS) is 17.9. The number of rotatable bonds is 16. The summed E-state index contributed by atoms with van der Waals surface area (Å²) in [6.07, 6.45) is 15.9. The maximum Gasteiger partial charge on any atom is 0.305 e. The van der Waals surface area contributed by atoms with Crippen molar-refractivity contribution < 1.29 is 9.53 Å². The number of hydrogen-bond donors (Lipinski definition) is 2. The minimum absolute atomic E-state index is 0.0435. The van der Waals surface area contributed by atoms with Crippen LogP contribution < -0.4 is 5.32 Å². The van der Waals surface area contributed by atoms with Crippen molar-refractivity contribution in [1.29, 1.82) is 0 Å². The van der Waals surface area contributed by atoms with Crippen LogP contribution in [-0.4, -0.2) is 81.7 Å². The Bertz CT molecular complexity index is 1260. The molecule has 0 aliphatic carbocycles. The summed E-state index contributed by atoms with van der Waals surface area (Å²) in [6.45, 7) is 13.8. The largest absolute Gasteiger partial charge is 0.469 e. The number of carbonyl (C=O) groups is 1. The summed E-state index contributed by atoms with van der Waals surface area (Å²) in [7, 11) is 1.44. The molecule has 5 rings (SSSR count). The Morgan fingerprint density at radius 2 is 1.75 bits per heavy atom. The zero-order chi connectivity index (χ0) is 30.8. The van der Waals surface area contributed by atoms with E-state index in [1.165, 1.54) is 70.2 Å². The molecule has 1 atom stereocenters. The number of aromatic amines is 1. The molecule has 0 bridgehead atoms. The molecule has 240 valence electrons. The minimum atomic E-state index is -0.149. The average Bonchev–Trinajstić information content (AvgIpc) is 3.79. The number of likely N-dealkylation sites (tertiary alicyclic amines) is 2. The van der Waals surface area contributed by atoms with Gasteiger partial charge in [-0.3, -0.25) is 4.79 Å². The molecular weight excluding hydrogens is 550 g/mol. The first-order valence-electron chi connectivity index (χ1n) is 16.7. The number of esters is 1. The van der Waals surface area contributed by atoms with E-state index in [0.717, 1.165) is 62.9 Å². The lowest BCUT2D eigenvalue weighted by molar-refractivity contribution is -0.140. The predicted octanol–water partition coefficient (Wildman–Crippen LogP) is 5.01. The zero-order valence-electron chi connectivity index (χ0n) is 27.1. The number of nitrogens with one attached hydrogen (secondary N) is 2. The number of aromatic nitrogens is 4. The first-order chi connectivity index (χ1) is 21.4. The molecule has 44 heavy (non-hydrogen) atoms. The standard InChI is InChI=1S/C35H53N7O2/c1-28(2)26-40-20-12-35(13-21-40)14-22-41(27-35)18-5-19-42-23-17-38-34(42)31(24-32-36-15-16-37-32)39-25-30-10-8-29(9-11-30)6-4-7-33(43)44-3/h8-11,15-17,23,28,31,39H,4-7,12-14,18-22,24-27H2,1-3H3,(H,36,37). The van der Waals surface area contributed by atoms with Crippen LogP contribution in [0.2, 0.25) is 0 Å². The SMILES string of the molecule is COC(=O)CCCc1ccc(CNC(Cc2ncc[nH]2)c2nccn2CCCN2CCC3(CCN(CC(C)C)CC3)C2)cc1. The van der Waals surface area contributed by atoms with Crippen molar-refractivity contribution in [2.45, 2.75) is 84.3 Å². The summed E-state index contributed by atoms with van der Waals surface area (Å²) in [5.41, 5.74) is 3.01. The van der Waals surface area contributed by atoms with Crippen LogP contribution in [0.1, 0.15) is 81.2 Å². The fourth-order valence-electron chi connectivity index (χ4n) is 7.10. The van der Waals surface area contributed by atoms with E-state index in [0.29, 0.717) is 11.8 Å². The van der Waals surface area contributed by atoms with Crippen LogP contribution in [0.25, 0.3) is 0 Å². The number of piperidine rings is 1. The lowest BCUT2D eigenvalue weighted by Gasteiger charge is -2.40. The van der Waals surface area contributed by atoms with Crippen molar-refractivity contribution in [3.05, 3.63) is 71.8 Å². The average molecular weight is 604 g/mol. The molecule has 0 radical (unpaired) electrons. The Balaban J connectivity index is 1.12. The van der Waals surface area contributed by atoms with E-state index in [1.807, 2.05) is 18.6 Å². The molecule has 9 heteroatoms. The van der Waals surface area contributed by atoms with Gasteiger partial charge in [-0.25, -0.2) is 9.97 Å². The molecule has 9 nitrogen and oxygen atoms in total. The molecule has 1 aromatic carbocycles. The Labute approximate surface area is 263 Å². The van der Waals surface area contributed by atoms with Gasteiger partial charge in [0.15, 0.2) is 0 Å². The van der Waals surface area contributed by atoms with E-state index >= 15 is 0 Å². The highest BCUT2D eigenvalue weighted by Crippen LogP contribution is 2.40. The van der Waals surface area contributed by atoms with Crippen molar-refractivity contribution in [3.8, 4) is 0 Å². The predicted molar refractivity (Wildman–Crippen MR) is 174 cm³/mol. The highest BCUT2D eigenvalue weighted by Gasteiger charge is 2.40. The molecule has 2 saturated heterocycles. The molecule has 0 saturated carbocycles. The molecular formula is C35H53N7O2. The van der Waals surface area contributed by atoms with Crippen molar-refractivity contribution in [2.75, 3.05) is 46.4 Å². The van der Waals surface area contributed by atoms with Crippen molar-refractivity contribution in [1.82, 2.24) is 34.6 Å². The molecule has 2 aliphatic heterocycles. The number of nitrogens with zero attached hydrogens (tertiary/aromatic N) is 5. The smallest absolute Gasteiger partial charge is 0.305 e. The Kier molecular flexibility index (Phi) is 11.6. The van der Waals surface area contributed by atoms with Crippen molar-refractivity contribution in [2.24, 2.45) is 11.3 Å². The van der Waals surface area contributed by atoms with Gasteiger partial charge in [0.1, 0.15) is 11.6 Å². The maximum atomic E-state index is 11.4. The van der Waals surface area contributed by atoms with Crippen LogP contribution >= 0.6 is 0 Å². The molecule has 1 spiro atoms.